The van der Waals surface area contributed by atoms with Crippen LogP contribution in [0.1, 0.15) is 38.3 Å². The Morgan fingerprint density at radius 1 is 1.39 bits per heavy atom. The van der Waals surface area contributed by atoms with E-state index in [9.17, 15) is 9.59 Å². The van der Waals surface area contributed by atoms with Crippen LogP contribution in [-0.2, 0) is 9.59 Å². The highest BCUT2D eigenvalue weighted by molar-refractivity contribution is 6.01. The van der Waals surface area contributed by atoms with Gasteiger partial charge in [0.1, 0.15) is 6.04 Å². The van der Waals surface area contributed by atoms with Gasteiger partial charge in [0.25, 0.3) is 0 Å². The van der Waals surface area contributed by atoms with Gasteiger partial charge in [-0.15, -0.1) is 0 Å². The topological polar surface area (TPSA) is 71.1 Å². The summed E-state index contributed by atoms with van der Waals surface area (Å²) in [5, 5.41) is 5.41. The molecule has 1 saturated heterocycles. The number of carbonyl (C=O) groups excluding carboxylic acids is 2. The average Bonchev–Trinajstić information content (AvgIpc) is 2.33. The third-order valence-electron chi connectivity index (χ3n) is 2.96. The minimum atomic E-state index is -0.352. The molecule has 5 nitrogen and oxygen atoms in total. The zero-order valence-electron chi connectivity index (χ0n) is 10.6. The van der Waals surface area contributed by atoms with E-state index in [0.29, 0.717) is 18.8 Å². The van der Waals surface area contributed by atoms with Crippen molar-refractivity contribution in [2.24, 2.45) is 0 Å². The molecule has 0 unspecified atom stereocenters. The third-order valence-corrected chi connectivity index (χ3v) is 2.96. The summed E-state index contributed by atoms with van der Waals surface area (Å²) in [5.74, 6) is -0.0832. The molecule has 1 aromatic heterocycles. The fraction of sp³-hybridized carbons (Fsp3) is 0.462. The number of rotatable bonds is 3. The molecule has 2 amide bonds. The predicted molar refractivity (Wildman–Crippen MR) is 68.1 cm³/mol. The highest BCUT2D eigenvalue weighted by Crippen LogP contribution is 2.16. The number of aromatic nitrogens is 1. The molecule has 18 heavy (non-hydrogen) atoms. The zero-order chi connectivity index (χ0) is 13.1. The first-order valence-electron chi connectivity index (χ1n) is 6.12. The van der Waals surface area contributed by atoms with Crippen LogP contribution in [0.25, 0.3) is 0 Å². The second-order valence-electron chi connectivity index (χ2n) is 4.77. The largest absolute Gasteiger partial charge is 0.372 e. The van der Waals surface area contributed by atoms with Crippen molar-refractivity contribution in [3.8, 4) is 0 Å². The molecule has 2 N–H and O–H groups in total. The van der Waals surface area contributed by atoms with Crippen molar-refractivity contribution < 1.29 is 9.59 Å². The van der Waals surface area contributed by atoms with E-state index in [-0.39, 0.29) is 17.9 Å². The maximum Gasteiger partial charge on any atom is 0.249 e. The predicted octanol–water partition coefficient (Wildman–Crippen LogP) is 1.42. The van der Waals surface area contributed by atoms with Gasteiger partial charge in [0.05, 0.1) is 11.9 Å². The number of imide groups is 1. The van der Waals surface area contributed by atoms with Gasteiger partial charge in [0.2, 0.25) is 11.8 Å². The molecule has 1 aliphatic heterocycles. The molecule has 2 heterocycles. The van der Waals surface area contributed by atoms with Crippen LogP contribution in [0, 0.1) is 0 Å². The Balaban J connectivity index is 2.01. The van der Waals surface area contributed by atoms with Crippen molar-refractivity contribution >= 4 is 17.5 Å². The first-order chi connectivity index (χ1) is 8.56. The van der Waals surface area contributed by atoms with E-state index in [1.54, 1.807) is 6.20 Å². The van der Waals surface area contributed by atoms with Crippen molar-refractivity contribution in [3.05, 3.63) is 24.0 Å². The van der Waals surface area contributed by atoms with Crippen molar-refractivity contribution in [1.29, 1.82) is 0 Å². The van der Waals surface area contributed by atoms with Crippen molar-refractivity contribution in [3.63, 3.8) is 0 Å². The molecule has 0 aromatic carbocycles. The molecular weight excluding hydrogens is 230 g/mol. The Bertz CT molecular complexity index is 454. The highest BCUT2D eigenvalue weighted by Gasteiger charge is 2.26. The number of nitrogens with zero attached hydrogens (tertiary/aromatic N) is 1. The van der Waals surface area contributed by atoms with Crippen LogP contribution in [0.2, 0.25) is 0 Å². The van der Waals surface area contributed by atoms with Crippen molar-refractivity contribution in [2.75, 3.05) is 5.32 Å². The van der Waals surface area contributed by atoms with Gasteiger partial charge in [-0.05, 0) is 24.5 Å². The van der Waals surface area contributed by atoms with E-state index >= 15 is 0 Å². The Kier molecular flexibility index (Phi) is 3.60. The summed E-state index contributed by atoms with van der Waals surface area (Å²) in [6.45, 7) is 4.16. The number of hydrogen-bond acceptors (Lipinski definition) is 4. The lowest BCUT2D eigenvalue weighted by Crippen LogP contribution is -2.47. The Hall–Kier alpha value is -1.91. The fourth-order valence-corrected chi connectivity index (χ4v) is 1.86. The van der Waals surface area contributed by atoms with Crippen molar-refractivity contribution in [2.45, 2.75) is 38.6 Å². The lowest BCUT2D eigenvalue weighted by Gasteiger charge is -2.22. The number of amides is 2. The summed E-state index contributed by atoms with van der Waals surface area (Å²) in [6.07, 6.45) is 2.62. The lowest BCUT2D eigenvalue weighted by atomic mass is 10.1. The maximum atomic E-state index is 11.6. The van der Waals surface area contributed by atoms with Crippen LogP contribution in [0.5, 0.6) is 0 Å². The molecule has 0 bridgehead atoms. The van der Waals surface area contributed by atoms with Crippen LogP contribution in [-0.4, -0.2) is 22.8 Å². The van der Waals surface area contributed by atoms with E-state index < -0.39 is 0 Å². The Morgan fingerprint density at radius 3 is 2.72 bits per heavy atom. The molecule has 1 aromatic rings. The smallest absolute Gasteiger partial charge is 0.249 e. The number of hydrogen-bond donors (Lipinski definition) is 2. The standard InChI is InChI=1S/C13H17N3O2/c1-8(2)10-4-3-9(7-14-10)15-11-5-6-12(17)16-13(11)18/h3-4,7-8,11,15H,5-6H2,1-2H3,(H,16,17,18)/t11-/m1/s1. The van der Waals surface area contributed by atoms with Gasteiger partial charge in [-0.1, -0.05) is 13.8 Å². The second-order valence-corrected chi connectivity index (χ2v) is 4.77. The van der Waals surface area contributed by atoms with Gasteiger partial charge in [0.15, 0.2) is 0 Å². The summed E-state index contributed by atoms with van der Waals surface area (Å²) in [5.41, 5.74) is 1.82. The van der Waals surface area contributed by atoms with Gasteiger partial charge in [-0.25, -0.2) is 0 Å². The lowest BCUT2D eigenvalue weighted by molar-refractivity contribution is -0.133. The summed E-state index contributed by atoms with van der Waals surface area (Å²) in [7, 11) is 0. The van der Waals surface area contributed by atoms with Crippen LogP contribution >= 0.6 is 0 Å². The number of anilines is 1. The van der Waals surface area contributed by atoms with E-state index in [1.807, 2.05) is 12.1 Å². The van der Waals surface area contributed by atoms with E-state index in [0.717, 1.165) is 11.4 Å². The van der Waals surface area contributed by atoms with E-state index in [1.165, 1.54) is 0 Å². The highest BCUT2D eigenvalue weighted by atomic mass is 16.2. The second kappa shape index (κ2) is 5.16. The number of piperidine rings is 1. The van der Waals surface area contributed by atoms with Crippen LogP contribution in [0.4, 0.5) is 5.69 Å². The molecule has 0 aliphatic carbocycles. The monoisotopic (exact) mass is 247 g/mol. The molecule has 2 rings (SSSR count). The van der Waals surface area contributed by atoms with E-state index in [2.05, 4.69) is 29.5 Å². The minimum Gasteiger partial charge on any atom is -0.372 e. The Morgan fingerprint density at radius 2 is 2.17 bits per heavy atom. The molecule has 1 fully saturated rings. The molecule has 96 valence electrons. The molecular formula is C13H17N3O2. The van der Waals surface area contributed by atoms with Crippen LogP contribution in [0.3, 0.4) is 0 Å². The van der Waals surface area contributed by atoms with E-state index in [4.69, 9.17) is 0 Å². The molecule has 0 saturated carbocycles. The van der Waals surface area contributed by atoms with Crippen molar-refractivity contribution in [1.82, 2.24) is 10.3 Å². The van der Waals surface area contributed by atoms with Crippen LogP contribution < -0.4 is 10.6 Å². The molecule has 5 heteroatoms. The molecule has 1 atom stereocenters. The van der Waals surface area contributed by atoms with Gasteiger partial charge < -0.3 is 5.32 Å². The van der Waals surface area contributed by atoms with Crippen LogP contribution in [0.15, 0.2) is 18.3 Å². The van der Waals surface area contributed by atoms with Gasteiger partial charge in [-0.3, -0.25) is 19.9 Å². The first kappa shape index (κ1) is 12.5. The minimum absolute atomic E-state index is 0.202. The maximum absolute atomic E-state index is 11.6. The van der Waals surface area contributed by atoms with Gasteiger partial charge in [0, 0.05) is 12.1 Å². The summed E-state index contributed by atoms with van der Waals surface area (Å²) < 4.78 is 0. The summed E-state index contributed by atoms with van der Waals surface area (Å²) >= 11 is 0. The number of pyridine rings is 1. The normalized spacial score (nSPS) is 19.8. The number of nitrogens with one attached hydrogen (secondary N) is 2. The quantitative estimate of drug-likeness (QED) is 0.792. The fourth-order valence-electron chi connectivity index (χ4n) is 1.86. The molecule has 0 spiro atoms. The van der Waals surface area contributed by atoms with Gasteiger partial charge >= 0.3 is 0 Å². The first-order valence-corrected chi connectivity index (χ1v) is 6.12. The summed E-state index contributed by atoms with van der Waals surface area (Å²) in [4.78, 5) is 26.9. The third kappa shape index (κ3) is 2.85. The zero-order valence-corrected chi connectivity index (χ0v) is 10.6. The summed E-state index contributed by atoms with van der Waals surface area (Å²) in [6, 6.07) is 3.50. The SMILES string of the molecule is CC(C)c1ccc(N[C@@H]2CCC(=O)NC2=O)cn1. The van der Waals surface area contributed by atoms with Gasteiger partial charge in [-0.2, -0.15) is 0 Å². The molecule has 0 radical (unpaired) electrons. The number of carbonyl (C=O) groups is 2. The average molecular weight is 247 g/mol. The molecule has 1 aliphatic rings. The Labute approximate surface area is 106 Å².